The van der Waals surface area contributed by atoms with E-state index in [2.05, 4.69) is 15.9 Å². The molecule has 0 N–H and O–H groups in total. The fraction of sp³-hybridized carbons (Fsp3) is 0.533. The molecule has 1 atom stereocenters. The highest BCUT2D eigenvalue weighted by Gasteiger charge is 2.37. The molecule has 4 nitrogen and oxygen atoms in total. The van der Waals surface area contributed by atoms with Crippen molar-refractivity contribution >= 4 is 33.6 Å². The van der Waals surface area contributed by atoms with E-state index in [-0.39, 0.29) is 11.3 Å². The van der Waals surface area contributed by atoms with Gasteiger partial charge in [-0.2, -0.15) is 0 Å². The van der Waals surface area contributed by atoms with Gasteiger partial charge < -0.3 is 14.4 Å². The van der Waals surface area contributed by atoms with Crippen molar-refractivity contribution in [1.29, 1.82) is 0 Å². The molecular formula is C15H18BrNO3S. The van der Waals surface area contributed by atoms with Gasteiger partial charge in [-0.15, -0.1) is 11.8 Å². The number of amides is 1. The van der Waals surface area contributed by atoms with Crippen LogP contribution in [-0.2, 0) is 4.79 Å². The molecule has 1 heterocycles. The molecule has 1 aromatic rings. The molecule has 1 aliphatic carbocycles. The summed E-state index contributed by atoms with van der Waals surface area (Å²) in [5, 5.41) is 0.0623. The molecule has 6 heteroatoms. The highest BCUT2D eigenvalue weighted by atomic mass is 79.9. The quantitative estimate of drug-likeness (QED) is 0.794. The number of methoxy groups -OCH3 is 2. The van der Waals surface area contributed by atoms with E-state index in [0.29, 0.717) is 23.2 Å². The monoisotopic (exact) mass is 371 g/mol. The summed E-state index contributed by atoms with van der Waals surface area (Å²) in [7, 11) is 3.25. The summed E-state index contributed by atoms with van der Waals surface area (Å²) in [4.78, 5) is 14.2. The molecule has 1 saturated carbocycles. The molecule has 1 saturated heterocycles. The van der Waals surface area contributed by atoms with Gasteiger partial charge in [0.15, 0.2) is 11.5 Å². The predicted molar refractivity (Wildman–Crippen MR) is 86.9 cm³/mol. The van der Waals surface area contributed by atoms with Gasteiger partial charge in [-0.1, -0.05) is 15.9 Å². The standard InChI is InChI=1S/C15H18BrNO3S/c1-19-12-5-10(11(16)6-13(12)20-2)15-17(7-9-3-4-9)14(18)8-21-15/h5-6,9,15H,3-4,7-8H2,1-2H3. The number of ether oxygens (including phenoxy) is 2. The van der Waals surface area contributed by atoms with Gasteiger partial charge in [-0.3, -0.25) is 4.79 Å². The van der Waals surface area contributed by atoms with Crippen molar-refractivity contribution in [1.82, 2.24) is 4.90 Å². The van der Waals surface area contributed by atoms with Crippen LogP contribution in [0.4, 0.5) is 0 Å². The molecule has 2 fully saturated rings. The summed E-state index contributed by atoms with van der Waals surface area (Å²) in [5.74, 6) is 2.86. The van der Waals surface area contributed by atoms with E-state index in [1.165, 1.54) is 12.8 Å². The van der Waals surface area contributed by atoms with Crippen LogP contribution in [0.25, 0.3) is 0 Å². The SMILES string of the molecule is COc1cc(Br)c(C2SCC(=O)N2CC2CC2)cc1OC. The Morgan fingerprint density at radius 3 is 2.57 bits per heavy atom. The second kappa shape index (κ2) is 6.08. The molecule has 0 radical (unpaired) electrons. The van der Waals surface area contributed by atoms with Crippen LogP contribution in [-0.4, -0.2) is 37.3 Å². The van der Waals surface area contributed by atoms with Gasteiger partial charge in [0.2, 0.25) is 5.91 Å². The molecular weight excluding hydrogens is 354 g/mol. The van der Waals surface area contributed by atoms with Gasteiger partial charge in [-0.25, -0.2) is 0 Å². The van der Waals surface area contributed by atoms with E-state index in [0.717, 1.165) is 16.6 Å². The van der Waals surface area contributed by atoms with E-state index in [4.69, 9.17) is 9.47 Å². The van der Waals surface area contributed by atoms with Crippen molar-refractivity contribution in [3.63, 3.8) is 0 Å². The van der Waals surface area contributed by atoms with Crippen LogP contribution in [0.15, 0.2) is 16.6 Å². The van der Waals surface area contributed by atoms with Crippen molar-refractivity contribution in [2.75, 3.05) is 26.5 Å². The summed E-state index contributed by atoms with van der Waals surface area (Å²) < 4.78 is 11.7. The molecule has 1 unspecified atom stereocenters. The van der Waals surface area contributed by atoms with Gasteiger partial charge in [0.25, 0.3) is 0 Å². The molecule has 0 aromatic heterocycles. The highest BCUT2D eigenvalue weighted by molar-refractivity contribution is 9.10. The Bertz CT molecular complexity index is 562. The lowest BCUT2D eigenvalue weighted by Crippen LogP contribution is -2.30. The van der Waals surface area contributed by atoms with Crippen molar-refractivity contribution in [3.8, 4) is 11.5 Å². The van der Waals surface area contributed by atoms with Crippen molar-refractivity contribution in [2.45, 2.75) is 18.2 Å². The first-order valence-corrected chi connectivity index (χ1v) is 8.80. The Hall–Kier alpha value is -0.880. The molecule has 114 valence electrons. The van der Waals surface area contributed by atoms with Crippen LogP contribution in [0.3, 0.4) is 0 Å². The molecule has 2 aliphatic rings. The van der Waals surface area contributed by atoms with Crippen LogP contribution in [0.1, 0.15) is 23.8 Å². The topological polar surface area (TPSA) is 38.8 Å². The average molecular weight is 372 g/mol. The number of hydrogen-bond acceptors (Lipinski definition) is 4. The molecule has 3 rings (SSSR count). The average Bonchev–Trinajstić information content (AvgIpc) is 3.23. The number of benzene rings is 1. The van der Waals surface area contributed by atoms with Crippen LogP contribution in [0, 0.1) is 5.92 Å². The Morgan fingerprint density at radius 1 is 1.29 bits per heavy atom. The number of thioether (sulfide) groups is 1. The van der Waals surface area contributed by atoms with Gasteiger partial charge in [0, 0.05) is 16.6 Å². The Balaban J connectivity index is 1.92. The lowest BCUT2D eigenvalue weighted by atomic mass is 10.1. The number of carbonyl (C=O) groups excluding carboxylic acids is 1. The fourth-order valence-corrected chi connectivity index (χ4v) is 4.46. The summed E-state index contributed by atoms with van der Waals surface area (Å²) >= 11 is 5.28. The molecule has 21 heavy (non-hydrogen) atoms. The van der Waals surface area contributed by atoms with E-state index in [9.17, 15) is 4.79 Å². The van der Waals surface area contributed by atoms with Crippen LogP contribution in [0.5, 0.6) is 11.5 Å². The minimum absolute atomic E-state index is 0.0623. The minimum Gasteiger partial charge on any atom is -0.493 e. The fourth-order valence-electron chi connectivity index (χ4n) is 2.55. The van der Waals surface area contributed by atoms with Crippen molar-refractivity contribution in [2.24, 2.45) is 5.92 Å². The third-order valence-corrected chi connectivity index (χ3v) is 5.81. The number of hydrogen-bond donors (Lipinski definition) is 0. The number of carbonyl (C=O) groups is 1. The summed E-state index contributed by atoms with van der Waals surface area (Å²) in [5.41, 5.74) is 1.07. The second-order valence-corrected chi connectivity index (χ2v) is 7.30. The largest absolute Gasteiger partial charge is 0.493 e. The summed E-state index contributed by atoms with van der Waals surface area (Å²) in [6.07, 6.45) is 2.49. The molecule has 0 spiro atoms. The van der Waals surface area contributed by atoms with E-state index in [1.807, 2.05) is 17.0 Å². The second-order valence-electron chi connectivity index (χ2n) is 5.38. The summed E-state index contributed by atoms with van der Waals surface area (Å²) in [6.45, 7) is 0.872. The lowest BCUT2D eigenvalue weighted by molar-refractivity contribution is -0.128. The molecule has 1 aliphatic heterocycles. The maximum Gasteiger partial charge on any atom is 0.233 e. The Kier molecular flexibility index (Phi) is 4.36. The summed E-state index contributed by atoms with van der Waals surface area (Å²) in [6, 6.07) is 3.88. The predicted octanol–water partition coefficient (Wildman–Crippen LogP) is 3.45. The lowest BCUT2D eigenvalue weighted by Gasteiger charge is -2.25. The van der Waals surface area contributed by atoms with Crippen LogP contribution < -0.4 is 9.47 Å². The first kappa shape index (κ1) is 15.0. The zero-order valence-electron chi connectivity index (χ0n) is 12.1. The maximum absolute atomic E-state index is 12.1. The van der Waals surface area contributed by atoms with Gasteiger partial charge in [0.05, 0.1) is 20.0 Å². The Labute approximate surface area is 137 Å². The van der Waals surface area contributed by atoms with E-state index >= 15 is 0 Å². The zero-order valence-corrected chi connectivity index (χ0v) is 14.5. The maximum atomic E-state index is 12.1. The minimum atomic E-state index is 0.0623. The normalized spacial score (nSPS) is 21.8. The van der Waals surface area contributed by atoms with Gasteiger partial charge >= 0.3 is 0 Å². The first-order chi connectivity index (χ1) is 10.1. The third-order valence-electron chi connectivity index (χ3n) is 3.89. The number of rotatable bonds is 5. The van der Waals surface area contributed by atoms with Crippen molar-refractivity contribution in [3.05, 3.63) is 22.2 Å². The van der Waals surface area contributed by atoms with Crippen molar-refractivity contribution < 1.29 is 14.3 Å². The smallest absolute Gasteiger partial charge is 0.233 e. The van der Waals surface area contributed by atoms with E-state index in [1.54, 1.807) is 26.0 Å². The zero-order chi connectivity index (χ0) is 15.0. The molecule has 1 amide bonds. The van der Waals surface area contributed by atoms with Gasteiger partial charge in [0.1, 0.15) is 5.37 Å². The molecule has 1 aromatic carbocycles. The first-order valence-electron chi connectivity index (χ1n) is 6.96. The Morgan fingerprint density at radius 2 is 1.95 bits per heavy atom. The number of halogens is 1. The van der Waals surface area contributed by atoms with E-state index < -0.39 is 0 Å². The highest BCUT2D eigenvalue weighted by Crippen LogP contribution is 2.46. The molecule has 0 bridgehead atoms. The third kappa shape index (κ3) is 3.01. The number of nitrogens with zero attached hydrogens (tertiary/aromatic N) is 1. The van der Waals surface area contributed by atoms with Crippen LogP contribution in [0.2, 0.25) is 0 Å². The van der Waals surface area contributed by atoms with Crippen LogP contribution >= 0.6 is 27.7 Å². The van der Waals surface area contributed by atoms with Gasteiger partial charge in [-0.05, 0) is 30.9 Å².